The van der Waals surface area contributed by atoms with Gasteiger partial charge in [-0.15, -0.1) is 10.1 Å². The summed E-state index contributed by atoms with van der Waals surface area (Å²) in [6.45, 7) is 3.34. The largest absolute Gasteiger partial charge is 1.00 e. The maximum absolute atomic E-state index is 11.4. The fourth-order valence-electron chi connectivity index (χ4n) is 1.68. The average Bonchev–Trinajstić information content (AvgIpc) is 3.04. The standard InChI is InChI=1S/C7H8N4O2.C6H11NO5.Na/c1-10-5-4(8-3-9-5)6(12)11(2)7(10)13;1-5(2)3-11-6(8)4-12-7(9)10;/h3H,1-2H3,(H,8,9);5H,3-4H2,1-2H3;/q;;+1. The Labute approximate surface area is 169 Å². The second-order valence-corrected chi connectivity index (χ2v) is 5.38. The Morgan fingerprint density at radius 3 is 2.50 bits per heavy atom. The molecule has 0 aliphatic rings. The quantitative estimate of drug-likeness (QED) is 0.241. The van der Waals surface area contributed by atoms with Crippen molar-refractivity contribution in [1.82, 2.24) is 19.1 Å². The molecular weight excluding hydrogens is 361 g/mol. The number of nitrogens with one attached hydrogen (secondary N) is 1. The van der Waals surface area contributed by atoms with Crippen molar-refractivity contribution < 1.29 is 49.0 Å². The Balaban J connectivity index is 0.000000466. The van der Waals surface area contributed by atoms with Gasteiger partial charge in [-0.2, -0.15) is 0 Å². The molecule has 0 fully saturated rings. The Bertz CT molecular complexity index is 870. The summed E-state index contributed by atoms with van der Waals surface area (Å²) in [5, 5.41) is 8.59. The molecule has 0 amide bonds. The fourth-order valence-corrected chi connectivity index (χ4v) is 1.68. The number of hydrogen-bond acceptors (Lipinski definition) is 8. The molecule has 2 rings (SSSR count). The minimum Gasteiger partial charge on any atom is -0.464 e. The summed E-state index contributed by atoms with van der Waals surface area (Å²) in [5.41, 5.74) is 0.0119. The van der Waals surface area contributed by atoms with Crippen LogP contribution in [-0.2, 0) is 28.5 Å². The van der Waals surface area contributed by atoms with Gasteiger partial charge in [0, 0.05) is 14.1 Å². The Morgan fingerprint density at radius 2 is 1.96 bits per heavy atom. The van der Waals surface area contributed by atoms with Crippen LogP contribution in [-0.4, -0.2) is 43.4 Å². The van der Waals surface area contributed by atoms with Crippen LogP contribution in [0.15, 0.2) is 15.9 Å². The van der Waals surface area contributed by atoms with E-state index < -0.39 is 17.7 Å². The van der Waals surface area contributed by atoms with E-state index in [2.05, 4.69) is 19.5 Å². The fraction of sp³-hybridized carbons (Fsp3) is 0.538. The molecule has 13 heteroatoms. The minimum absolute atomic E-state index is 0. The molecule has 1 N–H and O–H groups in total. The van der Waals surface area contributed by atoms with Crippen molar-refractivity contribution in [2.24, 2.45) is 20.0 Å². The van der Waals surface area contributed by atoms with Gasteiger partial charge in [-0.05, 0) is 5.92 Å². The summed E-state index contributed by atoms with van der Waals surface area (Å²) >= 11 is 0. The van der Waals surface area contributed by atoms with E-state index in [0.29, 0.717) is 11.2 Å². The number of aromatic nitrogens is 4. The molecule has 0 unspecified atom stereocenters. The number of esters is 1. The summed E-state index contributed by atoms with van der Waals surface area (Å²) in [4.78, 5) is 53.4. The van der Waals surface area contributed by atoms with Gasteiger partial charge >= 0.3 is 41.2 Å². The van der Waals surface area contributed by atoms with Crippen LogP contribution in [0.2, 0.25) is 0 Å². The summed E-state index contributed by atoms with van der Waals surface area (Å²) in [5.74, 6) is -0.509. The number of fused-ring (bicyclic) bond motifs is 1. The zero-order valence-corrected chi connectivity index (χ0v) is 17.2. The molecular formula is C13H19N5NaO7+. The third-order valence-electron chi connectivity index (χ3n) is 2.89. The number of H-pyrrole nitrogens is 1. The van der Waals surface area contributed by atoms with E-state index in [9.17, 15) is 24.5 Å². The van der Waals surface area contributed by atoms with Crippen LogP contribution in [0.3, 0.4) is 0 Å². The average molecular weight is 380 g/mol. The van der Waals surface area contributed by atoms with Crippen LogP contribution < -0.4 is 40.8 Å². The molecule has 26 heavy (non-hydrogen) atoms. The molecule has 0 aromatic carbocycles. The summed E-state index contributed by atoms with van der Waals surface area (Å²) in [6, 6.07) is 0. The zero-order valence-electron chi connectivity index (χ0n) is 15.2. The predicted octanol–water partition coefficient (Wildman–Crippen LogP) is -3.64. The zero-order chi connectivity index (χ0) is 19.1. The molecule has 138 valence electrons. The molecule has 0 aliphatic carbocycles. The van der Waals surface area contributed by atoms with E-state index in [4.69, 9.17) is 0 Å². The molecule has 0 atom stereocenters. The Morgan fingerprint density at radius 1 is 1.35 bits per heavy atom. The second-order valence-electron chi connectivity index (χ2n) is 5.38. The maximum Gasteiger partial charge on any atom is 1.00 e. The molecule has 2 aromatic heterocycles. The number of carbonyl (C=O) groups is 1. The van der Waals surface area contributed by atoms with E-state index in [-0.39, 0.29) is 53.3 Å². The van der Waals surface area contributed by atoms with Gasteiger partial charge < -0.3 is 14.6 Å². The first-order chi connectivity index (χ1) is 11.6. The van der Waals surface area contributed by atoms with Crippen LogP contribution in [0.25, 0.3) is 11.2 Å². The van der Waals surface area contributed by atoms with Crippen molar-refractivity contribution in [3.8, 4) is 0 Å². The van der Waals surface area contributed by atoms with Gasteiger partial charge in [-0.3, -0.25) is 13.9 Å². The molecule has 2 aromatic rings. The van der Waals surface area contributed by atoms with Gasteiger partial charge in [-0.25, -0.2) is 14.6 Å². The van der Waals surface area contributed by atoms with Crippen molar-refractivity contribution in [1.29, 1.82) is 0 Å². The van der Waals surface area contributed by atoms with Crippen LogP contribution in [0.4, 0.5) is 0 Å². The molecule has 0 aliphatic heterocycles. The van der Waals surface area contributed by atoms with Crippen molar-refractivity contribution in [3.05, 3.63) is 37.3 Å². The number of aromatic amines is 1. The van der Waals surface area contributed by atoms with Crippen molar-refractivity contribution in [3.63, 3.8) is 0 Å². The number of hydrogen-bond donors (Lipinski definition) is 1. The SMILES string of the molecule is CC(C)COC(=O)CO[N+](=O)[O-].Cn1c(=O)c2[nH]cnc2n(C)c1=O.[Na+]. The number of imidazole rings is 1. The summed E-state index contributed by atoms with van der Waals surface area (Å²) < 4.78 is 6.95. The number of carbonyl (C=O) groups excluding carboxylic acids is 1. The van der Waals surface area contributed by atoms with Crippen LogP contribution in [0.1, 0.15) is 13.8 Å². The van der Waals surface area contributed by atoms with Gasteiger partial charge in [0.2, 0.25) is 0 Å². The monoisotopic (exact) mass is 380 g/mol. The first kappa shape index (κ1) is 23.8. The van der Waals surface area contributed by atoms with Crippen molar-refractivity contribution in [2.75, 3.05) is 13.2 Å². The van der Waals surface area contributed by atoms with E-state index in [1.165, 1.54) is 17.9 Å². The third-order valence-corrected chi connectivity index (χ3v) is 2.89. The van der Waals surface area contributed by atoms with E-state index in [0.717, 1.165) is 4.57 Å². The van der Waals surface area contributed by atoms with Crippen LogP contribution in [0, 0.1) is 16.0 Å². The number of ether oxygens (including phenoxy) is 1. The van der Waals surface area contributed by atoms with Gasteiger partial charge in [0.15, 0.2) is 12.3 Å². The molecule has 0 spiro atoms. The van der Waals surface area contributed by atoms with E-state index >= 15 is 0 Å². The van der Waals surface area contributed by atoms with Gasteiger partial charge in [0.05, 0.1) is 12.9 Å². The molecule has 0 saturated carbocycles. The molecule has 0 bridgehead atoms. The normalized spacial score (nSPS) is 9.88. The predicted molar refractivity (Wildman–Crippen MR) is 85.3 cm³/mol. The van der Waals surface area contributed by atoms with Crippen LogP contribution in [0.5, 0.6) is 0 Å². The van der Waals surface area contributed by atoms with E-state index in [1.54, 1.807) is 7.05 Å². The van der Waals surface area contributed by atoms with Crippen molar-refractivity contribution >= 4 is 17.1 Å². The first-order valence-corrected chi connectivity index (χ1v) is 7.17. The van der Waals surface area contributed by atoms with E-state index in [1.807, 2.05) is 13.8 Å². The van der Waals surface area contributed by atoms with Gasteiger partial charge in [-0.1, -0.05) is 13.8 Å². The van der Waals surface area contributed by atoms with Crippen LogP contribution >= 0.6 is 0 Å². The number of aryl methyl sites for hydroxylation is 1. The molecule has 12 nitrogen and oxygen atoms in total. The first-order valence-electron chi connectivity index (χ1n) is 7.17. The number of rotatable bonds is 5. The maximum atomic E-state index is 11.4. The second kappa shape index (κ2) is 10.7. The molecule has 0 radical (unpaired) electrons. The minimum atomic E-state index is -1.03. The molecule has 2 heterocycles. The van der Waals surface area contributed by atoms with Gasteiger partial charge in [0.25, 0.3) is 10.6 Å². The Kier molecular flexibility index (Phi) is 9.83. The smallest absolute Gasteiger partial charge is 0.464 e. The number of nitrogens with zero attached hydrogens (tertiary/aromatic N) is 4. The van der Waals surface area contributed by atoms with Gasteiger partial charge in [0.1, 0.15) is 5.52 Å². The van der Waals surface area contributed by atoms with Crippen molar-refractivity contribution in [2.45, 2.75) is 13.8 Å². The topological polar surface area (TPSA) is 151 Å². The summed E-state index contributed by atoms with van der Waals surface area (Å²) in [6.07, 6.45) is 1.39. The summed E-state index contributed by atoms with van der Waals surface area (Å²) in [7, 11) is 3.01. The third kappa shape index (κ3) is 6.61. The molecule has 0 saturated heterocycles. The Hall–Kier alpha value is -2.18.